The maximum absolute atomic E-state index is 12.5. The number of pyridine rings is 1. The van der Waals surface area contributed by atoms with Crippen molar-refractivity contribution in [3.8, 4) is 0 Å². The number of hydrogen-bond acceptors (Lipinski definition) is 3. The minimum absolute atomic E-state index is 0.156. The Morgan fingerprint density at radius 2 is 1.56 bits per heavy atom. The molecule has 0 radical (unpaired) electrons. The Balaban J connectivity index is 1.80. The minimum atomic E-state index is -0.832. The molecule has 1 amide bonds. The normalized spacial score (nSPS) is 13.0. The molecule has 0 saturated heterocycles. The van der Waals surface area contributed by atoms with E-state index in [1.807, 2.05) is 66.7 Å². The highest BCUT2D eigenvalue weighted by Crippen LogP contribution is 2.28. The van der Waals surface area contributed by atoms with Gasteiger partial charge in [-0.3, -0.25) is 9.78 Å². The van der Waals surface area contributed by atoms with Gasteiger partial charge in [-0.15, -0.1) is 0 Å². The average molecular weight is 332 g/mol. The Morgan fingerprint density at radius 3 is 2.16 bits per heavy atom. The van der Waals surface area contributed by atoms with Gasteiger partial charge in [0.15, 0.2) is 0 Å². The number of aliphatic hydroxyl groups excluding tert-OH is 1. The van der Waals surface area contributed by atoms with Crippen molar-refractivity contribution in [3.05, 3.63) is 102 Å². The van der Waals surface area contributed by atoms with E-state index in [1.165, 1.54) is 0 Å². The molecule has 0 aliphatic heterocycles. The second-order valence-electron chi connectivity index (χ2n) is 5.85. The third-order valence-corrected chi connectivity index (χ3v) is 4.02. The van der Waals surface area contributed by atoms with Gasteiger partial charge in [-0.1, -0.05) is 66.7 Å². The number of amides is 1. The Labute approximate surface area is 147 Å². The van der Waals surface area contributed by atoms with E-state index in [0.29, 0.717) is 0 Å². The first-order chi connectivity index (χ1) is 12.2. The van der Waals surface area contributed by atoms with Gasteiger partial charge in [0, 0.05) is 12.4 Å². The van der Waals surface area contributed by atoms with Crippen LogP contribution < -0.4 is 5.32 Å². The molecule has 0 unspecified atom stereocenters. The summed E-state index contributed by atoms with van der Waals surface area (Å²) in [4.78, 5) is 16.5. The van der Waals surface area contributed by atoms with Crippen LogP contribution in [0.1, 0.15) is 28.8 Å². The third-order valence-electron chi connectivity index (χ3n) is 4.02. The van der Waals surface area contributed by atoms with Crippen LogP contribution in [-0.4, -0.2) is 16.0 Å². The molecule has 1 heterocycles. The first kappa shape index (κ1) is 16.9. The van der Waals surface area contributed by atoms with Crippen molar-refractivity contribution in [3.63, 3.8) is 0 Å². The molecule has 1 aromatic heterocycles. The molecular weight excluding hydrogens is 312 g/mol. The molecule has 2 aromatic carbocycles. The Bertz CT molecular complexity index is 792. The molecule has 0 aliphatic carbocycles. The minimum Gasteiger partial charge on any atom is -0.386 e. The number of nitrogens with zero attached hydrogens (tertiary/aromatic N) is 1. The van der Waals surface area contributed by atoms with E-state index >= 15 is 0 Å². The smallest absolute Gasteiger partial charge is 0.225 e. The summed E-state index contributed by atoms with van der Waals surface area (Å²) in [6.45, 7) is 0. The summed E-state index contributed by atoms with van der Waals surface area (Å²) < 4.78 is 0. The van der Waals surface area contributed by atoms with Crippen molar-refractivity contribution in [2.45, 2.75) is 18.6 Å². The van der Waals surface area contributed by atoms with Gasteiger partial charge < -0.3 is 10.4 Å². The number of rotatable bonds is 6. The standard InChI is InChI=1S/C21H20N2O2/c24-19(14-16-8-7-13-22-15-16)23-20(17-9-3-1-4-10-17)21(25)18-11-5-2-6-12-18/h1-13,15,20-21,25H,14H2,(H,23,24)/t20-,21+/m1/s1. The van der Waals surface area contributed by atoms with Crippen LogP contribution in [0.25, 0.3) is 0 Å². The van der Waals surface area contributed by atoms with E-state index in [9.17, 15) is 9.90 Å². The zero-order valence-electron chi connectivity index (χ0n) is 13.7. The number of hydrogen-bond donors (Lipinski definition) is 2. The van der Waals surface area contributed by atoms with E-state index in [1.54, 1.807) is 18.5 Å². The molecule has 0 saturated carbocycles. The second-order valence-corrected chi connectivity index (χ2v) is 5.85. The van der Waals surface area contributed by atoms with Gasteiger partial charge in [0.05, 0.1) is 12.5 Å². The lowest BCUT2D eigenvalue weighted by molar-refractivity contribution is -0.122. The summed E-state index contributed by atoms with van der Waals surface area (Å²) >= 11 is 0. The van der Waals surface area contributed by atoms with Crippen LogP contribution in [-0.2, 0) is 11.2 Å². The molecule has 3 aromatic rings. The van der Waals surface area contributed by atoms with E-state index in [-0.39, 0.29) is 12.3 Å². The van der Waals surface area contributed by atoms with Crippen molar-refractivity contribution in [2.75, 3.05) is 0 Å². The Morgan fingerprint density at radius 1 is 0.920 bits per heavy atom. The highest BCUT2D eigenvalue weighted by Gasteiger charge is 2.24. The fourth-order valence-electron chi connectivity index (χ4n) is 2.76. The molecule has 0 aliphatic rings. The first-order valence-electron chi connectivity index (χ1n) is 8.20. The van der Waals surface area contributed by atoms with Gasteiger partial charge in [0.1, 0.15) is 6.10 Å². The first-order valence-corrected chi connectivity index (χ1v) is 8.20. The maximum Gasteiger partial charge on any atom is 0.225 e. The number of aromatic nitrogens is 1. The molecular formula is C21H20N2O2. The summed E-state index contributed by atoms with van der Waals surface area (Å²) in [5.74, 6) is -0.156. The fraction of sp³-hybridized carbons (Fsp3) is 0.143. The van der Waals surface area contributed by atoms with Crippen molar-refractivity contribution >= 4 is 5.91 Å². The van der Waals surface area contributed by atoms with E-state index in [4.69, 9.17) is 0 Å². The van der Waals surface area contributed by atoms with Gasteiger partial charge in [-0.25, -0.2) is 0 Å². The summed E-state index contributed by atoms with van der Waals surface area (Å²) in [6, 6.07) is 22.0. The summed E-state index contributed by atoms with van der Waals surface area (Å²) in [5.41, 5.74) is 2.46. The van der Waals surface area contributed by atoms with Crippen LogP contribution in [0.5, 0.6) is 0 Å². The molecule has 4 nitrogen and oxygen atoms in total. The number of aliphatic hydroxyl groups is 1. The summed E-state index contributed by atoms with van der Waals surface area (Å²) in [7, 11) is 0. The molecule has 2 N–H and O–H groups in total. The topological polar surface area (TPSA) is 62.2 Å². The lowest BCUT2D eigenvalue weighted by Crippen LogP contribution is -2.33. The molecule has 0 spiro atoms. The molecule has 25 heavy (non-hydrogen) atoms. The van der Waals surface area contributed by atoms with E-state index in [2.05, 4.69) is 10.3 Å². The average Bonchev–Trinajstić information content (AvgIpc) is 2.68. The molecule has 0 fully saturated rings. The van der Waals surface area contributed by atoms with Gasteiger partial charge >= 0.3 is 0 Å². The molecule has 3 rings (SSSR count). The van der Waals surface area contributed by atoms with Crippen LogP contribution in [0.3, 0.4) is 0 Å². The molecule has 0 bridgehead atoms. The van der Waals surface area contributed by atoms with Crippen molar-refractivity contribution in [1.82, 2.24) is 10.3 Å². The Kier molecular flexibility index (Phi) is 5.54. The molecule has 4 heteroatoms. The highest BCUT2D eigenvalue weighted by molar-refractivity contribution is 5.79. The van der Waals surface area contributed by atoms with Crippen LogP contribution in [0.15, 0.2) is 85.2 Å². The van der Waals surface area contributed by atoms with Crippen LogP contribution in [0, 0.1) is 0 Å². The van der Waals surface area contributed by atoms with Crippen LogP contribution >= 0.6 is 0 Å². The number of nitrogens with one attached hydrogen (secondary N) is 1. The van der Waals surface area contributed by atoms with Gasteiger partial charge in [-0.2, -0.15) is 0 Å². The zero-order chi connectivity index (χ0) is 17.5. The van der Waals surface area contributed by atoms with Crippen LogP contribution in [0.4, 0.5) is 0 Å². The predicted octanol–water partition coefficient (Wildman–Crippen LogP) is 3.22. The lowest BCUT2D eigenvalue weighted by Gasteiger charge is -2.25. The quantitative estimate of drug-likeness (QED) is 0.728. The zero-order valence-corrected chi connectivity index (χ0v) is 13.7. The predicted molar refractivity (Wildman–Crippen MR) is 96.7 cm³/mol. The van der Waals surface area contributed by atoms with Gasteiger partial charge in [0.2, 0.25) is 5.91 Å². The fourth-order valence-corrected chi connectivity index (χ4v) is 2.76. The SMILES string of the molecule is O=C(Cc1cccnc1)N[C@H](c1ccccc1)[C@@H](O)c1ccccc1. The van der Waals surface area contributed by atoms with Gasteiger partial charge in [0.25, 0.3) is 0 Å². The molecule has 2 atom stereocenters. The maximum atomic E-state index is 12.5. The van der Waals surface area contributed by atoms with Crippen LogP contribution in [0.2, 0.25) is 0 Å². The Hall–Kier alpha value is -2.98. The monoisotopic (exact) mass is 332 g/mol. The van der Waals surface area contributed by atoms with Crippen molar-refractivity contribution in [2.24, 2.45) is 0 Å². The number of benzene rings is 2. The largest absolute Gasteiger partial charge is 0.386 e. The lowest BCUT2D eigenvalue weighted by atomic mass is 9.95. The molecule has 126 valence electrons. The highest BCUT2D eigenvalue weighted by atomic mass is 16.3. The summed E-state index contributed by atoms with van der Waals surface area (Å²) in [5, 5.41) is 13.8. The van der Waals surface area contributed by atoms with E-state index in [0.717, 1.165) is 16.7 Å². The summed E-state index contributed by atoms with van der Waals surface area (Å²) in [6.07, 6.45) is 2.73. The second kappa shape index (κ2) is 8.22. The van der Waals surface area contributed by atoms with Gasteiger partial charge in [-0.05, 0) is 22.8 Å². The van der Waals surface area contributed by atoms with Crippen molar-refractivity contribution < 1.29 is 9.90 Å². The third kappa shape index (κ3) is 4.52. The number of carbonyl (C=O) groups is 1. The van der Waals surface area contributed by atoms with Crippen molar-refractivity contribution in [1.29, 1.82) is 0 Å². The number of carbonyl (C=O) groups excluding carboxylic acids is 1. The van der Waals surface area contributed by atoms with E-state index < -0.39 is 12.1 Å².